The molecule has 0 aliphatic carbocycles. The molecule has 0 N–H and O–H groups in total. The minimum absolute atomic E-state index is 0.0554. The van der Waals surface area contributed by atoms with E-state index in [9.17, 15) is 5.21 Å². The van der Waals surface area contributed by atoms with E-state index in [1.54, 1.807) is 0 Å². The average Bonchev–Trinajstić information content (AvgIpc) is 3.19. The molecule has 0 saturated carbocycles. The summed E-state index contributed by atoms with van der Waals surface area (Å²) in [4.78, 5) is 0. The van der Waals surface area contributed by atoms with E-state index in [0.29, 0.717) is 6.61 Å². The van der Waals surface area contributed by atoms with Gasteiger partial charge in [0.25, 0.3) is 0 Å². The smallest absolute Gasteiger partial charge is 0.243 e. The van der Waals surface area contributed by atoms with Gasteiger partial charge in [0.15, 0.2) is 0 Å². The van der Waals surface area contributed by atoms with Gasteiger partial charge in [-0.1, -0.05) is 5.21 Å². The van der Waals surface area contributed by atoms with E-state index in [1.807, 2.05) is 56.4 Å². The second kappa shape index (κ2) is 7.69. The molecule has 8 heteroatoms. The van der Waals surface area contributed by atoms with Crippen LogP contribution < -0.4 is 4.57 Å². The Labute approximate surface area is 161 Å². The van der Waals surface area contributed by atoms with Crippen molar-refractivity contribution in [2.24, 2.45) is 7.05 Å². The predicted molar refractivity (Wildman–Crippen MR) is 98.7 cm³/mol. The van der Waals surface area contributed by atoms with Crippen molar-refractivity contribution in [2.75, 3.05) is 0 Å². The van der Waals surface area contributed by atoms with Crippen molar-refractivity contribution in [3.05, 3.63) is 30.6 Å². The second-order valence-corrected chi connectivity index (χ2v) is 8.90. The highest BCUT2D eigenvalue weighted by molar-refractivity contribution is 4.97. The molecule has 0 amide bonds. The Morgan fingerprint density at radius 1 is 1.22 bits per heavy atom. The molecule has 1 aliphatic heterocycles. The van der Waals surface area contributed by atoms with E-state index in [1.165, 1.54) is 5.06 Å². The fraction of sp³-hybridized carbons (Fsp3) is 0.737. The van der Waals surface area contributed by atoms with Gasteiger partial charge in [0.05, 0.1) is 32.5 Å². The zero-order valence-electron chi connectivity index (χ0n) is 17.1. The third-order valence-electron chi connectivity index (χ3n) is 5.23. The summed E-state index contributed by atoms with van der Waals surface area (Å²) < 4.78 is 12.2. The molecule has 1 radical (unpaired) electrons. The fourth-order valence-corrected chi connectivity index (χ4v) is 4.06. The van der Waals surface area contributed by atoms with Gasteiger partial charge >= 0.3 is 0 Å². The number of hydroxylamine groups is 2. The quantitative estimate of drug-likeness (QED) is 0.692. The molecule has 0 atom stereocenters. The maximum atomic E-state index is 12.4. The Morgan fingerprint density at radius 2 is 1.93 bits per heavy atom. The van der Waals surface area contributed by atoms with E-state index >= 15 is 0 Å². The van der Waals surface area contributed by atoms with Crippen LogP contribution in [0.2, 0.25) is 0 Å². The van der Waals surface area contributed by atoms with Crippen molar-refractivity contribution in [1.82, 2.24) is 24.6 Å². The summed E-state index contributed by atoms with van der Waals surface area (Å²) in [6, 6.07) is 0. The van der Waals surface area contributed by atoms with E-state index in [-0.39, 0.29) is 6.10 Å². The van der Waals surface area contributed by atoms with Crippen LogP contribution in [0.5, 0.6) is 0 Å². The van der Waals surface area contributed by atoms with Crippen LogP contribution in [0.3, 0.4) is 0 Å². The first-order valence-corrected chi connectivity index (χ1v) is 9.65. The predicted octanol–water partition coefficient (Wildman–Crippen LogP) is 1.88. The topological polar surface area (TPSA) is 71.9 Å². The van der Waals surface area contributed by atoms with Crippen molar-refractivity contribution in [3.8, 4) is 0 Å². The lowest BCUT2D eigenvalue weighted by Crippen LogP contribution is -2.59. The number of imidazole rings is 1. The number of aromatic nitrogens is 5. The molecular formula is C19H32N6O2+. The molecule has 2 aromatic heterocycles. The maximum Gasteiger partial charge on any atom is 0.243 e. The molecule has 27 heavy (non-hydrogen) atoms. The number of piperidine rings is 1. The summed E-state index contributed by atoms with van der Waals surface area (Å²) >= 11 is 0. The molecule has 3 rings (SSSR count). The lowest BCUT2D eigenvalue weighted by atomic mass is 9.80. The van der Waals surface area contributed by atoms with Gasteiger partial charge in [0, 0.05) is 24.0 Å². The highest BCUT2D eigenvalue weighted by Crippen LogP contribution is 2.38. The van der Waals surface area contributed by atoms with Crippen LogP contribution in [-0.2, 0) is 36.7 Å². The largest absolute Gasteiger partial charge is 0.372 e. The third kappa shape index (κ3) is 4.94. The Bertz CT molecular complexity index is 733. The van der Waals surface area contributed by atoms with Crippen molar-refractivity contribution in [3.63, 3.8) is 0 Å². The van der Waals surface area contributed by atoms with Crippen LogP contribution in [0.25, 0.3) is 0 Å². The molecule has 149 valence electrons. The van der Waals surface area contributed by atoms with Gasteiger partial charge in [-0.05, 0) is 40.5 Å². The molecule has 2 aromatic rings. The van der Waals surface area contributed by atoms with Gasteiger partial charge in [-0.3, -0.25) is 4.68 Å². The van der Waals surface area contributed by atoms with E-state index < -0.39 is 11.1 Å². The molecule has 3 heterocycles. The Balaban J connectivity index is 1.46. The van der Waals surface area contributed by atoms with Crippen LogP contribution in [0.4, 0.5) is 0 Å². The second-order valence-electron chi connectivity index (χ2n) is 8.90. The van der Waals surface area contributed by atoms with Crippen molar-refractivity contribution in [1.29, 1.82) is 0 Å². The number of rotatable bonds is 7. The molecule has 0 unspecified atom stereocenters. The zero-order chi connectivity index (χ0) is 19.7. The lowest BCUT2D eigenvalue weighted by molar-refractivity contribution is -0.671. The average molecular weight is 377 g/mol. The zero-order valence-corrected chi connectivity index (χ0v) is 17.1. The Hall–Kier alpha value is -1.77. The summed E-state index contributed by atoms with van der Waals surface area (Å²) in [6.07, 6.45) is 10.6. The molecule has 0 bridgehead atoms. The number of aryl methyl sites for hydroxylation is 3. The number of hydrogen-bond donors (Lipinski definition) is 0. The summed E-state index contributed by atoms with van der Waals surface area (Å²) in [5.74, 6) is 0. The van der Waals surface area contributed by atoms with E-state index in [0.717, 1.165) is 38.0 Å². The van der Waals surface area contributed by atoms with Crippen molar-refractivity contribution < 1.29 is 14.5 Å². The molecule has 1 fully saturated rings. The summed E-state index contributed by atoms with van der Waals surface area (Å²) in [5.41, 5.74) is 0.000619. The summed E-state index contributed by atoms with van der Waals surface area (Å²) in [6.45, 7) is 10.1. The van der Waals surface area contributed by atoms with Gasteiger partial charge < -0.3 is 4.74 Å². The van der Waals surface area contributed by atoms with Gasteiger partial charge in [-0.25, -0.2) is 9.13 Å². The number of nitrogens with zero attached hydrogens (tertiary/aromatic N) is 6. The molecule has 1 aliphatic rings. The van der Waals surface area contributed by atoms with Gasteiger partial charge in [0.2, 0.25) is 6.33 Å². The maximum absolute atomic E-state index is 12.4. The Morgan fingerprint density at radius 3 is 2.56 bits per heavy atom. The van der Waals surface area contributed by atoms with Crippen LogP contribution in [0, 0.1) is 0 Å². The lowest BCUT2D eigenvalue weighted by Gasteiger charge is -2.49. The Kier molecular flexibility index (Phi) is 5.69. The van der Waals surface area contributed by atoms with Crippen LogP contribution >= 0.6 is 0 Å². The first-order chi connectivity index (χ1) is 12.7. The minimum Gasteiger partial charge on any atom is -0.372 e. The first-order valence-electron chi connectivity index (χ1n) is 9.65. The van der Waals surface area contributed by atoms with Gasteiger partial charge in [-0.15, -0.1) is 15.4 Å². The fourth-order valence-electron chi connectivity index (χ4n) is 4.06. The first kappa shape index (κ1) is 20.0. The number of ether oxygens (including phenoxy) is 1. The molecule has 0 spiro atoms. The number of hydrogen-bond acceptors (Lipinski definition) is 4. The molecule has 8 nitrogen and oxygen atoms in total. The van der Waals surface area contributed by atoms with E-state index in [2.05, 4.69) is 27.4 Å². The SMILES string of the molecule is C[n+]1ccn(CCCn2cc(COC3CC(C)(C)N([O])C(C)(C)C3)nn2)c1. The highest BCUT2D eigenvalue weighted by atomic mass is 16.5. The minimum atomic E-state index is -0.418. The molecule has 1 saturated heterocycles. The van der Waals surface area contributed by atoms with Crippen molar-refractivity contribution >= 4 is 0 Å². The standard InChI is InChI=1S/C19H32N6O2/c1-18(2)11-17(12-19(3,4)25(18)26)27-14-16-13-24(21-20-16)8-6-7-23-10-9-22(5)15-23/h9-10,13,15,17H,6-8,11-12,14H2,1-5H3/q+1. The highest BCUT2D eigenvalue weighted by Gasteiger charge is 2.46. The third-order valence-corrected chi connectivity index (χ3v) is 5.23. The van der Waals surface area contributed by atoms with Crippen molar-refractivity contribution in [2.45, 2.75) is 83.8 Å². The molecular weight excluding hydrogens is 344 g/mol. The van der Waals surface area contributed by atoms with E-state index in [4.69, 9.17) is 4.74 Å². The molecule has 0 aromatic carbocycles. The van der Waals surface area contributed by atoms with Gasteiger partial charge in [-0.2, -0.15) is 0 Å². The van der Waals surface area contributed by atoms with Gasteiger partial charge in [0.1, 0.15) is 18.1 Å². The summed E-state index contributed by atoms with van der Waals surface area (Å²) in [5, 5.41) is 22.1. The monoisotopic (exact) mass is 376 g/mol. The van der Waals surface area contributed by atoms with Crippen LogP contribution in [0.15, 0.2) is 24.9 Å². The van der Waals surface area contributed by atoms with Crippen LogP contribution in [-0.4, -0.2) is 41.8 Å². The normalized spacial score (nSPS) is 20.2. The summed E-state index contributed by atoms with van der Waals surface area (Å²) in [7, 11) is 2.02. The van der Waals surface area contributed by atoms with Crippen LogP contribution in [0.1, 0.15) is 52.7 Å².